The molecule has 0 saturated carbocycles. The lowest BCUT2D eigenvalue weighted by Crippen LogP contribution is -2.22. The number of rotatable bonds is 2. The van der Waals surface area contributed by atoms with Crippen LogP contribution in [0.5, 0.6) is 0 Å². The molecule has 0 saturated heterocycles. The second kappa shape index (κ2) is 4.28. The summed E-state index contributed by atoms with van der Waals surface area (Å²) in [7, 11) is 0. The molecule has 0 radical (unpaired) electrons. The summed E-state index contributed by atoms with van der Waals surface area (Å²) < 4.78 is 0. The molecule has 0 amide bonds. The van der Waals surface area contributed by atoms with Crippen molar-refractivity contribution in [3.05, 3.63) is 34.9 Å². The van der Waals surface area contributed by atoms with Gasteiger partial charge in [0, 0.05) is 0 Å². The first-order valence-electron chi connectivity index (χ1n) is 5.92. The Labute approximate surface area is 96.3 Å². The van der Waals surface area contributed by atoms with Crippen LogP contribution in [0, 0.1) is 5.92 Å². The van der Waals surface area contributed by atoms with Gasteiger partial charge in [0.05, 0.1) is 5.92 Å². The molecule has 1 unspecified atom stereocenters. The monoisotopic (exact) mass is 218 g/mol. The van der Waals surface area contributed by atoms with E-state index in [0.717, 1.165) is 12.8 Å². The van der Waals surface area contributed by atoms with Crippen LogP contribution in [0.3, 0.4) is 0 Å². The Kier molecular flexibility index (Phi) is 2.99. The van der Waals surface area contributed by atoms with Gasteiger partial charge in [-0.2, -0.15) is 0 Å². The molecular formula is C14H18O2. The molecule has 16 heavy (non-hydrogen) atoms. The quantitative estimate of drug-likeness (QED) is 0.828. The molecular weight excluding hydrogens is 200 g/mol. The van der Waals surface area contributed by atoms with Gasteiger partial charge < -0.3 is 5.11 Å². The first-order chi connectivity index (χ1) is 7.58. The Morgan fingerprint density at radius 2 is 2.12 bits per heavy atom. The number of carboxylic acids is 1. The van der Waals surface area contributed by atoms with Crippen molar-refractivity contribution in [2.24, 2.45) is 5.92 Å². The lowest BCUT2D eigenvalue weighted by Gasteiger charge is -2.22. The third-order valence-electron chi connectivity index (χ3n) is 3.47. The first-order valence-corrected chi connectivity index (χ1v) is 5.92. The zero-order chi connectivity index (χ0) is 11.7. The predicted octanol–water partition coefficient (Wildman–Crippen LogP) is 3.00. The molecule has 0 heterocycles. The van der Waals surface area contributed by atoms with Gasteiger partial charge in [-0.3, -0.25) is 4.79 Å². The molecule has 1 aromatic rings. The molecule has 1 N–H and O–H groups in total. The van der Waals surface area contributed by atoms with Gasteiger partial charge in [-0.25, -0.2) is 0 Å². The number of aliphatic carboxylic acids is 1. The van der Waals surface area contributed by atoms with Crippen LogP contribution in [0.25, 0.3) is 0 Å². The van der Waals surface area contributed by atoms with E-state index in [-0.39, 0.29) is 5.92 Å². The van der Waals surface area contributed by atoms with E-state index >= 15 is 0 Å². The van der Waals surface area contributed by atoms with Crippen molar-refractivity contribution >= 4 is 5.97 Å². The Bertz CT molecular complexity index is 407. The van der Waals surface area contributed by atoms with Crippen LogP contribution in [0.15, 0.2) is 18.2 Å². The molecule has 0 spiro atoms. The van der Waals surface area contributed by atoms with E-state index < -0.39 is 5.97 Å². The molecule has 86 valence electrons. The number of fused-ring (bicyclic) bond motifs is 1. The fourth-order valence-corrected chi connectivity index (χ4v) is 2.34. The van der Waals surface area contributed by atoms with Gasteiger partial charge in [-0.1, -0.05) is 32.0 Å². The first kappa shape index (κ1) is 11.2. The third-order valence-corrected chi connectivity index (χ3v) is 3.47. The van der Waals surface area contributed by atoms with E-state index in [9.17, 15) is 4.79 Å². The van der Waals surface area contributed by atoms with Crippen LogP contribution < -0.4 is 0 Å². The van der Waals surface area contributed by atoms with Crippen molar-refractivity contribution < 1.29 is 9.90 Å². The van der Waals surface area contributed by atoms with Gasteiger partial charge in [0.2, 0.25) is 0 Å². The minimum atomic E-state index is -0.654. The smallest absolute Gasteiger partial charge is 0.306 e. The van der Waals surface area contributed by atoms with E-state index in [0.29, 0.717) is 12.3 Å². The van der Waals surface area contributed by atoms with Gasteiger partial charge >= 0.3 is 5.97 Å². The summed E-state index contributed by atoms with van der Waals surface area (Å²) >= 11 is 0. The SMILES string of the molecule is CC(C)c1ccc2c(c1)CCC(C(=O)O)C2. The lowest BCUT2D eigenvalue weighted by atomic mass is 9.82. The summed E-state index contributed by atoms with van der Waals surface area (Å²) in [5.74, 6) is -0.293. The average Bonchev–Trinajstić information content (AvgIpc) is 2.27. The molecule has 2 nitrogen and oxygen atoms in total. The van der Waals surface area contributed by atoms with E-state index in [2.05, 4.69) is 32.0 Å². The highest BCUT2D eigenvalue weighted by atomic mass is 16.4. The summed E-state index contributed by atoms with van der Waals surface area (Å²) in [6, 6.07) is 6.49. The highest BCUT2D eigenvalue weighted by Gasteiger charge is 2.24. The zero-order valence-corrected chi connectivity index (χ0v) is 9.86. The second-order valence-corrected chi connectivity index (χ2v) is 4.96. The predicted molar refractivity (Wildman–Crippen MR) is 63.7 cm³/mol. The summed E-state index contributed by atoms with van der Waals surface area (Å²) in [4.78, 5) is 10.9. The molecule has 1 aliphatic rings. The minimum Gasteiger partial charge on any atom is -0.481 e. The number of hydrogen-bond acceptors (Lipinski definition) is 1. The van der Waals surface area contributed by atoms with E-state index in [1.54, 1.807) is 0 Å². The molecule has 1 aliphatic carbocycles. The van der Waals surface area contributed by atoms with Crippen LogP contribution in [0.4, 0.5) is 0 Å². The molecule has 2 heteroatoms. The second-order valence-electron chi connectivity index (χ2n) is 4.96. The molecule has 0 bridgehead atoms. The zero-order valence-electron chi connectivity index (χ0n) is 9.86. The van der Waals surface area contributed by atoms with Crippen LogP contribution in [-0.4, -0.2) is 11.1 Å². The largest absolute Gasteiger partial charge is 0.481 e. The number of carbonyl (C=O) groups is 1. The number of benzene rings is 1. The van der Waals surface area contributed by atoms with Crippen molar-refractivity contribution in [1.82, 2.24) is 0 Å². The molecule has 1 atom stereocenters. The summed E-state index contributed by atoms with van der Waals surface area (Å²) in [5, 5.41) is 9.01. The van der Waals surface area contributed by atoms with E-state index in [1.165, 1.54) is 16.7 Å². The maximum absolute atomic E-state index is 10.9. The van der Waals surface area contributed by atoms with Crippen LogP contribution in [0.2, 0.25) is 0 Å². The number of hydrogen-bond donors (Lipinski definition) is 1. The van der Waals surface area contributed by atoms with Gasteiger partial charge in [0.15, 0.2) is 0 Å². The normalized spacial score (nSPS) is 19.6. The molecule has 2 rings (SSSR count). The van der Waals surface area contributed by atoms with Gasteiger partial charge in [0.1, 0.15) is 0 Å². The number of aryl methyl sites for hydroxylation is 1. The van der Waals surface area contributed by atoms with Crippen molar-refractivity contribution in [3.8, 4) is 0 Å². The van der Waals surface area contributed by atoms with Crippen molar-refractivity contribution in [2.75, 3.05) is 0 Å². The highest BCUT2D eigenvalue weighted by molar-refractivity contribution is 5.71. The summed E-state index contributed by atoms with van der Waals surface area (Å²) in [5.41, 5.74) is 3.93. The number of carboxylic acid groups (broad SMARTS) is 1. The third kappa shape index (κ3) is 2.11. The van der Waals surface area contributed by atoms with Crippen molar-refractivity contribution in [2.45, 2.75) is 39.0 Å². The maximum Gasteiger partial charge on any atom is 0.306 e. The van der Waals surface area contributed by atoms with Crippen LogP contribution >= 0.6 is 0 Å². The standard InChI is InChI=1S/C14H18O2/c1-9(2)10-3-4-12-8-13(14(15)16)6-5-11(12)7-10/h3-4,7,9,13H,5-6,8H2,1-2H3,(H,15,16). The fraction of sp³-hybridized carbons (Fsp3) is 0.500. The Balaban J connectivity index is 2.25. The van der Waals surface area contributed by atoms with Gasteiger partial charge in [0.25, 0.3) is 0 Å². The lowest BCUT2D eigenvalue weighted by molar-refractivity contribution is -0.142. The molecule has 0 aliphatic heterocycles. The summed E-state index contributed by atoms with van der Waals surface area (Å²) in [6.45, 7) is 4.37. The fourth-order valence-electron chi connectivity index (χ4n) is 2.34. The van der Waals surface area contributed by atoms with Gasteiger partial charge in [-0.15, -0.1) is 0 Å². The average molecular weight is 218 g/mol. The Hall–Kier alpha value is -1.31. The highest BCUT2D eigenvalue weighted by Crippen LogP contribution is 2.28. The molecule has 0 fully saturated rings. The molecule has 1 aromatic carbocycles. The minimum absolute atomic E-state index is 0.183. The van der Waals surface area contributed by atoms with E-state index in [4.69, 9.17) is 5.11 Å². The maximum atomic E-state index is 10.9. The van der Waals surface area contributed by atoms with Gasteiger partial charge in [-0.05, 0) is 41.9 Å². The Morgan fingerprint density at radius 3 is 2.75 bits per heavy atom. The van der Waals surface area contributed by atoms with Crippen molar-refractivity contribution in [3.63, 3.8) is 0 Å². The topological polar surface area (TPSA) is 37.3 Å². The van der Waals surface area contributed by atoms with E-state index in [1.807, 2.05) is 0 Å². The van der Waals surface area contributed by atoms with Crippen LogP contribution in [0.1, 0.15) is 42.9 Å². The summed E-state index contributed by atoms with van der Waals surface area (Å²) in [6.07, 6.45) is 2.39. The Morgan fingerprint density at radius 1 is 1.38 bits per heavy atom. The molecule has 0 aromatic heterocycles. The van der Waals surface area contributed by atoms with Crippen molar-refractivity contribution in [1.29, 1.82) is 0 Å². The van der Waals surface area contributed by atoms with Crippen LogP contribution in [-0.2, 0) is 17.6 Å².